The van der Waals surface area contributed by atoms with Crippen molar-refractivity contribution in [2.75, 3.05) is 13.2 Å². The van der Waals surface area contributed by atoms with Gasteiger partial charge in [0.1, 0.15) is 66.5 Å². The second-order valence-corrected chi connectivity index (χ2v) is 20.6. The number of amides is 12. The van der Waals surface area contributed by atoms with Crippen LogP contribution in [-0.2, 0) is 99.1 Å². The number of nitrogens with two attached hydrogens (primary N) is 1. The van der Waals surface area contributed by atoms with E-state index in [9.17, 15) is 107 Å². The van der Waals surface area contributed by atoms with E-state index in [0.29, 0.717) is 16.5 Å². The number of carbonyl (C=O) groups is 17. The maximum absolute atomic E-state index is 14.5. The number of carboxylic acids is 4. The van der Waals surface area contributed by atoms with E-state index in [1.165, 1.54) is 30.5 Å². The molecule has 0 bridgehead atoms. The summed E-state index contributed by atoms with van der Waals surface area (Å²) in [6, 6.07) is -6.05. The second kappa shape index (κ2) is 34.5. The van der Waals surface area contributed by atoms with E-state index in [2.05, 4.69) is 52.8 Å². The topological polar surface area (TPSA) is 575 Å². The van der Waals surface area contributed by atoms with Crippen molar-refractivity contribution in [2.24, 2.45) is 5.73 Å². The van der Waals surface area contributed by atoms with Crippen LogP contribution in [0.3, 0.4) is 0 Å². The molecule has 0 spiro atoms. The minimum atomic E-state index is -2.22. The fourth-order valence-electron chi connectivity index (χ4n) is 8.85. The fraction of sp³-hybridized carbons (Fsp3) is 0.436. The zero-order valence-corrected chi connectivity index (χ0v) is 48.9. The summed E-state index contributed by atoms with van der Waals surface area (Å²) in [5, 5.41) is 73.0. The highest BCUT2D eigenvalue weighted by atomic mass is 16.5. The van der Waals surface area contributed by atoms with Crippen LogP contribution in [0.25, 0.3) is 10.9 Å². The summed E-state index contributed by atoms with van der Waals surface area (Å²) in [7, 11) is 0. The molecule has 4 rings (SSSR count). The highest BCUT2D eigenvalue weighted by Gasteiger charge is 2.39. The van der Waals surface area contributed by atoms with E-state index in [1.54, 1.807) is 30.3 Å². The van der Waals surface area contributed by atoms with Crippen LogP contribution in [0.4, 0.5) is 0 Å². The molecule has 3 aromatic rings. The van der Waals surface area contributed by atoms with Crippen molar-refractivity contribution in [1.29, 1.82) is 0 Å². The van der Waals surface area contributed by atoms with Gasteiger partial charge in [-0.05, 0) is 37.5 Å². The molecule has 11 atom stereocenters. The Bertz CT molecular complexity index is 3270. The molecule has 0 aliphatic carbocycles. The first-order chi connectivity index (χ1) is 42.8. The zero-order valence-electron chi connectivity index (χ0n) is 48.9. The Morgan fingerprint density at radius 1 is 0.571 bits per heavy atom. The summed E-state index contributed by atoms with van der Waals surface area (Å²) in [4.78, 5) is 229. The van der Waals surface area contributed by atoms with Gasteiger partial charge in [-0.2, -0.15) is 0 Å². The van der Waals surface area contributed by atoms with Gasteiger partial charge in [-0.15, -0.1) is 0 Å². The Labute approximate surface area is 515 Å². The van der Waals surface area contributed by atoms with Crippen LogP contribution in [0.2, 0.25) is 0 Å². The first-order valence-corrected chi connectivity index (χ1v) is 27.7. The molecule has 36 nitrogen and oxygen atoms in total. The van der Waals surface area contributed by atoms with Crippen LogP contribution >= 0.6 is 0 Å². The number of rotatable bonds is 19. The molecule has 12 amide bonds. The van der Waals surface area contributed by atoms with E-state index in [1.807, 2.05) is 10.6 Å². The molecule has 19 N–H and O–H groups in total. The van der Waals surface area contributed by atoms with Crippen molar-refractivity contribution < 1.29 is 112 Å². The second-order valence-electron chi connectivity index (χ2n) is 20.6. The number of fused-ring (bicyclic) bond motifs is 1. The first-order valence-electron chi connectivity index (χ1n) is 27.7. The molecular weight excluding hydrogens is 1210 g/mol. The van der Waals surface area contributed by atoms with Crippen molar-refractivity contribution in [3.63, 3.8) is 0 Å². The molecule has 91 heavy (non-hydrogen) atoms. The largest absolute Gasteiger partial charge is 0.481 e. The number of carboxylic acid groups (broad SMARTS) is 4. The van der Waals surface area contributed by atoms with Crippen molar-refractivity contribution in [3.8, 4) is 0 Å². The summed E-state index contributed by atoms with van der Waals surface area (Å²) < 4.78 is 5.67. The third-order valence-electron chi connectivity index (χ3n) is 13.4. The molecule has 1 saturated heterocycles. The van der Waals surface area contributed by atoms with Gasteiger partial charge in [0.25, 0.3) is 0 Å². The van der Waals surface area contributed by atoms with Gasteiger partial charge in [0.15, 0.2) is 0 Å². The van der Waals surface area contributed by atoms with Crippen LogP contribution in [0.5, 0.6) is 0 Å². The number of esters is 1. The lowest BCUT2D eigenvalue weighted by Crippen LogP contribution is -2.61. The van der Waals surface area contributed by atoms with Crippen LogP contribution in [0.1, 0.15) is 70.4 Å². The maximum atomic E-state index is 14.5. The number of hydrogen-bond donors (Lipinski definition) is 18. The van der Waals surface area contributed by atoms with Crippen LogP contribution < -0.4 is 64.2 Å². The molecule has 0 radical (unpaired) electrons. The van der Waals surface area contributed by atoms with Crippen molar-refractivity contribution in [3.05, 3.63) is 71.9 Å². The average Bonchev–Trinajstić information content (AvgIpc) is 4.06. The first kappa shape index (κ1) is 72.4. The number of nitrogens with one attached hydrogen (secondary N) is 12. The Kier molecular flexibility index (Phi) is 27.4. The molecule has 2 aromatic carbocycles. The Balaban J connectivity index is 1.89. The molecule has 492 valence electrons. The molecule has 2 heterocycles. The quantitative estimate of drug-likeness (QED) is 0.0496. The third-order valence-corrected chi connectivity index (χ3v) is 13.4. The Hall–Kier alpha value is -11.1. The number of cyclic esters (lactones) is 1. The summed E-state index contributed by atoms with van der Waals surface area (Å²) in [6.45, 7) is 0.680. The van der Waals surface area contributed by atoms with Gasteiger partial charge >= 0.3 is 29.8 Å². The van der Waals surface area contributed by atoms with Gasteiger partial charge in [0, 0.05) is 43.3 Å². The van der Waals surface area contributed by atoms with Gasteiger partial charge in [-0.3, -0.25) is 76.7 Å². The van der Waals surface area contributed by atoms with E-state index in [0.717, 1.165) is 20.8 Å². The number of para-hydroxylation sites is 1. The number of aromatic amines is 1. The van der Waals surface area contributed by atoms with Gasteiger partial charge in [-0.25, -0.2) is 4.79 Å². The lowest BCUT2D eigenvalue weighted by atomic mass is 10.0. The van der Waals surface area contributed by atoms with Crippen molar-refractivity contribution in [2.45, 2.75) is 139 Å². The highest BCUT2D eigenvalue weighted by molar-refractivity contribution is 6.01. The third kappa shape index (κ3) is 23.5. The number of carbonyl (C=O) groups excluding carboxylic acids is 13. The van der Waals surface area contributed by atoms with Crippen LogP contribution in [-0.4, -0.2) is 211 Å². The predicted molar refractivity (Wildman–Crippen MR) is 306 cm³/mol. The molecular formula is C55H69N13O23. The van der Waals surface area contributed by atoms with E-state index >= 15 is 0 Å². The van der Waals surface area contributed by atoms with Gasteiger partial charge in [0.05, 0.1) is 38.8 Å². The van der Waals surface area contributed by atoms with Gasteiger partial charge < -0.3 is 99.5 Å². The molecule has 1 aliphatic rings. The molecule has 36 heteroatoms. The lowest BCUT2D eigenvalue weighted by molar-refractivity contribution is -0.156. The maximum Gasteiger partial charge on any atom is 0.329 e. The highest BCUT2D eigenvalue weighted by Crippen LogP contribution is 2.21. The summed E-state index contributed by atoms with van der Waals surface area (Å²) >= 11 is 0. The number of ether oxygens (including phenoxy) is 1. The minimum Gasteiger partial charge on any atom is -0.481 e. The predicted octanol–water partition coefficient (Wildman–Crippen LogP) is -6.94. The Morgan fingerprint density at radius 2 is 1.05 bits per heavy atom. The van der Waals surface area contributed by atoms with E-state index in [4.69, 9.17) is 10.5 Å². The van der Waals surface area contributed by atoms with Crippen LogP contribution in [0, 0.1) is 0 Å². The number of aliphatic carboxylic acids is 4. The summed E-state index contributed by atoms with van der Waals surface area (Å²) in [5.74, 6) is -24.1. The normalized spacial score (nSPS) is 23.6. The number of hydrogen-bond acceptors (Lipinski definition) is 19. The number of benzene rings is 2. The van der Waals surface area contributed by atoms with Crippen LogP contribution in [0.15, 0.2) is 60.8 Å². The average molecular weight is 1280 g/mol. The summed E-state index contributed by atoms with van der Waals surface area (Å²) in [5.41, 5.74) is 6.53. The monoisotopic (exact) mass is 1280 g/mol. The SMILES string of the molecule is CC(=O)N[C@@H](CO)C(=O)N[C@@H]1C(=O)NCC(=O)NC(CC(=O)O)C(=O)N[C@@H](CC(=O)O)C(=O)N[C@H](Cc2ccccc2)C(=O)N[C@@H](CC(=O)O)C(=O)N[C@@H](C)C(=O)NC(CC(N)=O)C(=O)N[C@@H](CCC(=O)O)C(=O)NC(Cc2c[nH]c3ccccc23)C(=O)O[C@@H]1C. The van der Waals surface area contributed by atoms with Crippen molar-refractivity contribution in [1.82, 2.24) is 63.5 Å². The molecule has 1 aromatic heterocycles. The minimum absolute atomic E-state index is 0.285. The number of aliphatic hydroxyl groups excluding tert-OH is 1. The Morgan fingerprint density at radius 3 is 1.60 bits per heavy atom. The zero-order chi connectivity index (χ0) is 67.8. The van der Waals surface area contributed by atoms with E-state index in [-0.39, 0.29) is 5.56 Å². The van der Waals surface area contributed by atoms with Gasteiger partial charge in [0.2, 0.25) is 70.9 Å². The smallest absolute Gasteiger partial charge is 0.329 e. The molecule has 3 unspecified atom stereocenters. The molecule has 1 aliphatic heterocycles. The van der Waals surface area contributed by atoms with Crippen molar-refractivity contribution >= 4 is 112 Å². The number of aliphatic hydroxyl groups is 1. The number of aromatic nitrogens is 1. The lowest BCUT2D eigenvalue weighted by Gasteiger charge is -2.29. The number of H-pyrrole nitrogens is 1. The molecule has 0 saturated carbocycles. The number of primary amides is 1. The molecule has 1 fully saturated rings. The van der Waals surface area contributed by atoms with Gasteiger partial charge in [-0.1, -0.05) is 48.5 Å². The van der Waals surface area contributed by atoms with E-state index < -0.39 is 232 Å². The summed E-state index contributed by atoms with van der Waals surface area (Å²) in [6.07, 6.45) is -7.92. The fourth-order valence-corrected chi connectivity index (χ4v) is 8.85. The standard InChI is InChI=1S/C55H69N13O23/c1-24-46(81)63-33(17-39(56)71)50(85)62-31(13-14-41(73)74)47(82)67-37(16-28-21-57-30-12-8-7-11-29(28)30)55(90)91-25(2)45(68-53(88)38(23-69)60-26(3)70)54(89)58-22-40(72)61-34(18-42(75)76)51(86)66-36(20-44(79)80)52(87)64-32(15-27-9-5-4-6-10-27)49(84)65-35(19-43(77)78)48(83)59-24/h4-12,21,24-25,31-38,45,57,69H,13-20,22-23H2,1-3H3,(H2,56,71)(H,58,89)(H,59,83)(H,60,70)(H,61,72)(H,62,85)(H,63,81)(H,64,87)(H,65,84)(H,66,86)(H,67,82)(H,68,88)(H,73,74)(H,75,76)(H,77,78)(H,79,80)/t24-,25+,31-,32+,33?,34?,35-,36-,37?,38-,45-/m0/s1.